The third-order valence-electron chi connectivity index (χ3n) is 3.20. The van der Waals surface area contributed by atoms with Gasteiger partial charge >= 0.3 is 0 Å². The van der Waals surface area contributed by atoms with Crippen molar-refractivity contribution in [3.05, 3.63) is 29.3 Å². The van der Waals surface area contributed by atoms with E-state index in [9.17, 15) is 9.59 Å². The van der Waals surface area contributed by atoms with Crippen LogP contribution in [0.3, 0.4) is 0 Å². The number of carbonyl (C=O) groups excluding carboxylic acids is 2. The van der Waals surface area contributed by atoms with Gasteiger partial charge in [-0.15, -0.1) is 0 Å². The summed E-state index contributed by atoms with van der Waals surface area (Å²) in [6.45, 7) is 3.52. The topological polar surface area (TPSA) is 61.4 Å². The number of benzene rings is 1. The fourth-order valence-corrected chi connectivity index (χ4v) is 2.37. The fraction of sp³-hybridized carbons (Fsp3) is 0.333. The molecule has 1 aromatic rings. The lowest BCUT2D eigenvalue weighted by molar-refractivity contribution is 0.0880. The van der Waals surface area contributed by atoms with Crippen molar-refractivity contribution in [3.63, 3.8) is 0 Å². The maximum atomic E-state index is 11.8. The highest BCUT2D eigenvalue weighted by molar-refractivity contribution is 6.23. The second-order valence-corrected chi connectivity index (χ2v) is 4.22. The summed E-state index contributed by atoms with van der Waals surface area (Å²) in [5, 5.41) is 5.60. The molecular formula is C12H13N3O2. The number of piperazine rings is 1. The number of hydrogen-bond donors (Lipinski definition) is 2. The van der Waals surface area contributed by atoms with Crippen LogP contribution in [-0.2, 0) is 0 Å². The summed E-state index contributed by atoms with van der Waals surface area (Å²) >= 11 is 0. The Morgan fingerprint density at radius 2 is 1.82 bits per heavy atom. The number of carbonyl (C=O) groups is 2. The van der Waals surface area contributed by atoms with Crippen LogP contribution in [0.2, 0.25) is 0 Å². The predicted molar refractivity (Wildman–Crippen MR) is 63.3 cm³/mol. The third-order valence-corrected chi connectivity index (χ3v) is 3.20. The van der Waals surface area contributed by atoms with E-state index in [0.29, 0.717) is 11.1 Å². The molecule has 2 amide bonds. The van der Waals surface area contributed by atoms with E-state index in [4.69, 9.17) is 0 Å². The van der Waals surface area contributed by atoms with Gasteiger partial charge in [0.2, 0.25) is 0 Å². The molecule has 88 valence electrons. The quantitative estimate of drug-likeness (QED) is 0.667. The van der Waals surface area contributed by atoms with Crippen molar-refractivity contribution in [2.45, 2.75) is 0 Å². The van der Waals surface area contributed by atoms with E-state index in [1.165, 1.54) is 0 Å². The van der Waals surface area contributed by atoms with E-state index in [1.807, 2.05) is 12.1 Å². The van der Waals surface area contributed by atoms with Crippen LogP contribution in [0.15, 0.2) is 18.2 Å². The van der Waals surface area contributed by atoms with E-state index < -0.39 is 0 Å². The summed E-state index contributed by atoms with van der Waals surface area (Å²) in [4.78, 5) is 25.5. The molecule has 2 aliphatic rings. The van der Waals surface area contributed by atoms with E-state index in [2.05, 4.69) is 15.5 Å². The van der Waals surface area contributed by atoms with Crippen molar-refractivity contribution < 1.29 is 9.59 Å². The van der Waals surface area contributed by atoms with Crippen molar-refractivity contribution >= 4 is 17.5 Å². The monoisotopic (exact) mass is 231 g/mol. The Hall–Kier alpha value is -1.88. The Kier molecular flexibility index (Phi) is 2.33. The summed E-state index contributed by atoms with van der Waals surface area (Å²) < 4.78 is 0. The molecule has 0 atom stereocenters. The number of anilines is 1. The van der Waals surface area contributed by atoms with Crippen molar-refractivity contribution in [2.24, 2.45) is 0 Å². The van der Waals surface area contributed by atoms with Gasteiger partial charge < -0.3 is 10.2 Å². The lowest BCUT2D eigenvalue weighted by Crippen LogP contribution is -2.44. The highest BCUT2D eigenvalue weighted by atomic mass is 16.2. The number of nitrogens with zero attached hydrogens (tertiary/aromatic N) is 1. The molecule has 0 radical (unpaired) electrons. The summed E-state index contributed by atoms with van der Waals surface area (Å²) in [5.74, 6) is -0.568. The molecule has 5 nitrogen and oxygen atoms in total. The number of nitrogens with one attached hydrogen (secondary N) is 2. The molecule has 0 unspecified atom stereocenters. The van der Waals surface area contributed by atoms with E-state index in [0.717, 1.165) is 31.9 Å². The Bertz CT molecular complexity index is 493. The average molecular weight is 231 g/mol. The molecule has 0 spiro atoms. The minimum absolute atomic E-state index is 0.279. The Balaban J connectivity index is 2.06. The van der Waals surface area contributed by atoms with Gasteiger partial charge in [-0.05, 0) is 12.1 Å². The normalized spacial score (nSPS) is 19.2. The maximum Gasteiger partial charge on any atom is 0.261 e. The molecule has 0 aromatic heterocycles. The van der Waals surface area contributed by atoms with Crippen LogP contribution >= 0.6 is 0 Å². The van der Waals surface area contributed by atoms with Gasteiger partial charge in [-0.3, -0.25) is 14.9 Å². The minimum Gasteiger partial charge on any atom is -0.368 e. The molecule has 2 heterocycles. The highest BCUT2D eigenvalue weighted by Crippen LogP contribution is 2.27. The molecule has 0 saturated carbocycles. The largest absolute Gasteiger partial charge is 0.368 e. The fourth-order valence-electron chi connectivity index (χ4n) is 2.37. The number of amides is 2. The number of rotatable bonds is 1. The minimum atomic E-state index is -0.290. The summed E-state index contributed by atoms with van der Waals surface area (Å²) in [7, 11) is 0. The SMILES string of the molecule is O=C1NC(=O)c2c1cccc2N1CCNCC1. The van der Waals surface area contributed by atoms with E-state index in [-0.39, 0.29) is 11.8 Å². The molecule has 5 heteroatoms. The van der Waals surface area contributed by atoms with Crippen LogP contribution in [0.1, 0.15) is 20.7 Å². The summed E-state index contributed by atoms with van der Waals surface area (Å²) in [6, 6.07) is 5.43. The van der Waals surface area contributed by atoms with E-state index >= 15 is 0 Å². The van der Waals surface area contributed by atoms with Gasteiger partial charge in [-0.2, -0.15) is 0 Å². The predicted octanol–water partition coefficient (Wildman–Crippen LogP) is -0.0202. The first kappa shape index (κ1) is 10.3. The summed E-state index contributed by atoms with van der Waals surface area (Å²) in [6.07, 6.45) is 0. The molecular weight excluding hydrogens is 218 g/mol. The van der Waals surface area contributed by atoms with Crippen molar-refractivity contribution in [1.82, 2.24) is 10.6 Å². The molecule has 1 aromatic carbocycles. The number of hydrogen-bond acceptors (Lipinski definition) is 4. The van der Waals surface area contributed by atoms with Gasteiger partial charge in [-0.25, -0.2) is 0 Å². The molecule has 2 aliphatic heterocycles. The van der Waals surface area contributed by atoms with Crippen molar-refractivity contribution in [1.29, 1.82) is 0 Å². The second-order valence-electron chi connectivity index (χ2n) is 4.22. The van der Waals surface area contributed by atoms with Gasteiger partial charge in [0.25, 0.3) is 11.8 Å². The van der Waals surface area contributed by atoms with Crippen LogP contribution < -0.4 is 15.5 Å². The molecule has 1 saturated heterocycles. The number of imide groups is 1. The van der Waals surface area contributed by atoms with Crippen LogP contribution in [0.25, 0.3) is 0 Å². The molecule has 0 bridgehead atoms. The third kappa shape index (κ3) is 1.59. The summed E-state index contributed by atoms with van der Waals surface area (Å²) in [5.41, 5.74) is 1.89. The van der Waals surface area contributed by atoms with Gasteiger partial charge in [-0.1, -0.05) is 6.07 Å². The first-order valence-corrected chi connectivity index (χ1v) is 5.72. The molecule has 2 N–H and O–H groups in total. The number of fused-ring (bicyclic) bond motifs is 1. The maximum absolute atomic E-state index is 11.8. The molecule has 1 fully saturated rings. The first-order chi connectivity index (χ1) is 8.27. The lowest BCUT2D eigenvalue weighted by Gasteiger charge is -2.30. The zero-order chi connectivity index (χ0) is 11.8. The zero-order valence-corrected chi connectivity index (χ0v) is 9.32. The van der Waals surface area contributed by atoms with Crippen molar-refractivity contribution in [2.75, 3.05) is 31.1 Å². The molecule has 0 aliphatic carbocycles. The van der Waals surface area contributed by atoms with Gasteiger partial charge in [0.05, 0.1) is 16.8 Å². The molecule has 3 rings (SSSR count). The zero-order valence-electron chi connectivity index (χ0n) is 9.32. The van der Waals surface area contributed by atoms with Crippen LogP contribution in [-0.4, -0.2) is 38.0 Å². The smallest absolute Gasteiger partial charge is 0.261 e. The highest BCUT2D eigenvalue weighted by Gasteiger charge is 2.31. The Labute approximate surface area is 98.8 Å². The molecule has 17 heavy (non-hydrogen) atoms. The van der Waals surface area contributed by atoms with Crippen LogP contribution in [0, 0.1) is 0 Å². The van der Waals surface area contributed by atoms with Gasteiger partial charge in [0.1, 0.15) is 0 Å². The first-order valence-electron chi connectivity index (χ1n) is 5.72. The van der Waals surface area contributed by atoms with Gasteiger partial charge in [0.15, 0.2) is 0 Å². The van der Waals surface area contributed by atoms with Crippen molar-refractivity contribution in [3.8, 4) is 0 Å². The van der Waals surface area contributed by atoms with Gasteiger partial charge in [0, 0.05) is 26.2 Å². The second kappa shape index (κ2) is 3.85. The Morgan fingerprint density at radius 3 is 2.59 bits per heavy atom. The Morgan fingerprint density at radius 1 is 1.06 bits per heavy atom. The standard InChI is InChI=1S/C12H13N3O2/c16-11-8-2-1-3-9(10(8)12(17)14-11)15-6-4-13-5-7-15/h1-3,13H,4-7H2,(H,14,16,17). The lowest BCUT2D eigenvalue weighted by atomic mass is 10.1. The van der Waals surface area contributed by atoms with Crippen LogP contribution in [0.4, 0.5) is 5.69 Å². The van der Waals surface area contributed by atoms with E-state index in [1.54, 1.807) is 6.07 Å². The average Bonchev–Trinajstić information content (AvgIpc) is 2.66. The van der Waals surface area contributed by atoms with Crippen LogP contribution in [0.5, 0.6) is 0 Å².